The van der Waals surface area contributed by atoms with Crippen LogP contribution in [0.4, 0.5) is 5.69 Å². The maximum Gasteiger partial charge on any atom is 0.0953 e. The van der Waals surface area contributed by atoms with Gasteiger partial charge in [0.15, 0.2) is 0 Å². The van der Waals surface area contributed by atoms with Gasteiger partial charge < -0.3 is 10.3 Å². The fourth-order valence-electron chi connectivity index (χ4n) is 1.68. The lowest BCUT2D eigenvalue weighted by Crippen LogP contribution is -2.00. The number of hydrogen-bond donors (Lipinski definition) is 1. The molecule has 1 aromatic heterocycles. The van der Waals surface area contributed by atoms with Crippen LogP contribution < -0.4 is 5.73 Å². The van der Waals surface area contributed by atoms with Crippen molar-refractivity contribution in [2.24, 2.45) is 5.92 Å². The maximum absolute atomic E-state index is 5.65. The van der Waals surface area contributed by atoms with Gasteiger partial charge in [0.05, 0.1) is 12.0 Å². The Hall–Kier alpha value is -1.77. The molecule has 16 heavy (non-hydrogen) atoms. The molecule has 0 fully saturated rings. The molecule has 0 aliphatic rings. The van der Waals surface area contributed by atoms with Crippen LogP contribution in [0.5, 0.6) is 0 Å². The third kappa shape index (κ3) is 2.42. The van der Waals surface area contributed by atoms with Crippen molar-refractivity contribution in [3.63, 3.8) is 0 Å². The van der Waals surface area contributed by atoms with Crippen LogP contribution in [0, 0.1) is 5.92 Å². The molecule has 0 aliphatic heterocycles. The lowest BCUT2D eigenvalue weighted by atomic mass is 10.1. The first kappa shape index (κ1) is 10.7. The normalized spacial score (nSPS) is 10.9. The van der Waals surface area contributed by atoms with Gasteiger partial charge in [-0.05, 0) is 18.1 Å². The predicted molar refractivity (Wildman–Crippen MR) is 66.9 cm³/mol. The Morgan fingerprint density at radius 2 is 1.94 bits per heavy atom. The molecule has 3 heteroatoms. The topological polar surface area (TPSA) is 43.8 Å². The van der Waals surface area contributed by atoms with E-state index in [0.29, 0.717) is 5.92 Å². The molecular weight excluding hydrogens is 198 g/mol. The Labute approximate surface area is 95.9 Å². The van der Waals surface area contributed by atoms with Crippen LogP contribution in [-0.4, -0.2) is 9.55 Å². The van der Waals surface area contributed by atoms with Crippen molar-refractivity contribution in [3.05, 3.63) is 36.8 Å². The summed E-state index contributed by atoms with van der Waals surface area (Å²) in [7, 11) is 0. The molecule has 0 saturated heterocycles. The van der Waals surface area contributed by atoms with Crippen molar-refractivity contribution in [1.82, 2.24) is 9.55 Å². The summed E-state index contributed by atoms with van der Waals surface area (Å²) in [5, 5.41) is 0. The smallest absolute Gasteiger partial charge is 0.0953 e. The van der Waals surface area contributed by atoms with Gasteiger partial charge >= 0.3 is 0 Å². The van der Waals surface area contributed by atoms with Crippen molar-refractivity contribution >= 4 is 5.69 Å². The van der Waals surface area contributed by atoms with E-state index in [1.165, 1.54) is 0 Å². The van der Waals surface area contributed by atoms with Crippen LogP contribution in [0.2, 0.25) is 0 Å². The van der Waals surface area contributed by atoms with Gasteiger partial charge in [-0.3, -0.25) is 0 Å². The summed E-state index contributed by atoms with van der Waals surface area (Å²) in [6.07, 6.45) is 3.96. The quantitative estimate of drug-likeness (QED) is 0.800. The van der Waals surface area contributed by atoms with Crippen LogP contribution in [-0.2, 0) is 6.54 Å². The number of anilines is 1. The second-order valence-electron chi connectivity index (χ2n) is 4.47. The van der Waals surface area contributed by atoms with E-state index >= 15 is 0 Å². The maximum atomic E-state index is 5.65. The zero-order valence-electron chi connectivity index (χ0n) is 9.72. The first-order chi connectivity index (χ1) is 7.65. The van der Waals surface area contributed by atoms with Gasteiger partial charge in [0.25, 0.3) is 0 Å². The number of imidazole rings is 1. The number of nitrogens with zero attached hydrogens (tertiary/aromatic N) is 2. The molecule has 84 valence electrons. The summed E-state index contributed by atoms with van der Waals surface area (Å²) in [6, 6.07) is 7.79. The minimum atomic E-state index is 0.633. The highest BCUT2D eigenvalue weighted by atomic mass is 15.0. The van der Waals surface area contributed by atoms with E-state index in [4.69, 9.17) is 5.73 Å². The van der Waals surface area contributed by atoms with Crippen LogP contribution in [0.3, 0.4) is 0 Å². The Bertz CT molecular complexity index is 454. The van der Waals surface area contributed by atoms with Gasteiger partial charge in [-0.15, -0.1) is 0 Å². The van der Waals surface area contributed by atoms with Crippen LogP contribution in [0.1, 0.15) is 13.8 Å². The summed E-state index contributed by atoms with van der Waals surface area (Å²) in [5.41, 5.74) is 8.54. The number of rotatable bonds is 3. The third-order valence-corrected chi connectivity index (χ3v) is 2.42. The second kappa shape index (κ2) is 4.39. The summed E-state index contributed by atoms with van der Waals surface area (Å²) in [6.45, 7) is 5.40. The van der Waals surface area contributed by atoms with Gasteiger partial charge in [0.2, 0.25) is 0 Å². The minimum absolute atomic E-state index is 0.633. The summed E-state index contributed by atoms with van der Waals surface area (Å²) in [5.74, 6) is 0.633. The van der Waals surface area contributed by atoms with E-state index in [2.05, 4.69) is 29.6 Å². The summed E-state index contributed by atoms with van der Waals surface area (Å²) < 4.78 is 2.12. The predicted octanol–water partition coefficient (Wildman–Crippen LogP) is 2.79. The Morgan fingerprint density at radius 3 is 2.56 bits per heavy atom. The molecule has 2 N–H and O–H groups in total. The molecule has 2 rings (SSSR count). The molecule has 3 nitrogen and oxygen atoms in total. The zero-order chi connectivity index (χ0) is 11.5. The standard InChI is InChI=1S/C13H17N3/c1-10(2)7-16-8-13(15-9-16)11-3-5-12(14)6-4-11/h3-6,8-10H,7,14H2,1-2H3. The molecule has 0 bridgehead atoms. The number of benzene rings is 1. The first-order valence-corrected chi connectivity index (χ1v) is 5.53. The molecule has 0 atom stereocenters. The SMILES string of the molecule is CC(C)Cn1cnc(-c2ccc(N)cc2)c1. The molecule has 1 aromatic carbocycles. The Balaban J connectivity index is 2.21. The van der Waals surface area contributed by atoms with Gasteiger partial charge in [-0.1, -0.05) is 26.0 Å². The van der Waals surface area contributed by atoms with E-state index in [-0.39, 0.29) is 0 Å². The van der Waals surface area contributed by atoms with Gasteiger partial charge in [0, 0.05) is 24.0 Å². The monoisotopic (exact) mass is 215 g/mol. The van der Waals surface area contributed by atoms with Gasteiger partial charge in [-0.2, -0.15) is 0 Å². The van der Waals surface area contributed by atoms with Crippen LogP contribution >= 0.6 is 0 Å². The fourth-order valence-corrected chi connectivity index (χ4v) is 1.68. The average Bonchev–Trinajstić information content (AvgIpc) is 2.66. The number of nitrogens with two attached hydrogens (primary N) is 1. The molecule has 0 radical (unpaired) electrons. The van der Waals surface area contributed by atoms with E-state index in [1.807, 2.05) is 30.6 Å². The van der Waals surface area contributed by atoms with Crippen molar-refractivity contribution in [2.75, 3.05) is 5.73 Å². The van der Waals surface area contributed by atoms with E-state index in [9.17, 15) is 0 Å². The lowest BCUT2D eigenvalue weighted by Gasteiger charge is -2.04. The van der Waals surface area contributed by atoms with Crippen molar-refractivity contribution in [3.8, 4) is 11.3 Å². The van der Waals surface area contributed by atoms with Crippen molar-refractivity contribution in [1.29, 1.82) is 0 Å². The third-order valence-electron chi connectivity index (χ3n) is 2.42. The summed E-state index contributed by atoms with van der Waals surface area (Å²) >= 11 is 0. The molecule has 1 heterocycles. The lowest BCUT2D eigenvalue weighted by molar-refractivity contribution is 0.523. The molecule has 0 amide bonds. The number of hydrogen-bond acceptors (Lipinski definition) is 2. The van der Waals surface area contributed by atoms with Gasteiger partial charge in [0.1, 0.15) is 0 Å². The first-order valence-electron chi connectivity index (χ1n) is 5.53. The highest BCUT2D eigenvalue weighted by molar-refractivity contribution is 5.61. The van der Waals surface area contributed by atoms with E-state index in [1.54, 1.807) is 0 Å². The zero-order valence-corrected chi connectivity index (χ0v) is 9.72. The molecule has 0 aliphatic carbocycles. The van der Waals surface area contributed by atoms with Crippen LogP contribution in [0.15, 0.2) is 36.8 Å². The molecule has 2 aromatic rings. The molecular formula is C13H17N3. The molecule has 0 unspecified atom stereocenters. The van der Waals surface area contributed by atoms with Gasteiger partial charge in [-0.25, -0.2) is 4.98 Å². The van der Waals surface area contributed by atoms with Crippen LogP contribution in [0.25, 0.3) is 11.3 Å². The molecule has 0 spiro atoms. The van der Waals surface area contributed by atoms with Crippen molar-refractivity contribution < 1.29 is 0 Å². The van der Waals surface area contributed by atoms with Crippen molar-refractivity contribution in [2.45, 2.75) is 20.4 Å². The highest BCUT2D eigenvalue weighted by Gasteiger charge is 2.02. The fraction of sp³-hybridized carbons (Fsp3) is 0.308. The Kier molecular flexibility index (Phi) is 2.95. The minimum Gasteiger partial charge on any atom is -0.399 e. The van der Waals surface area contributed by atoms with E-state index < -0.39 is 0 Å². The number of aromatic nitrogens is 2. The van der Waals surface area contributed by atoms with E-state index in [0.717, 1.165) is 23.5 Å². The largest absolute Gasteiger partial charge is 0.399 e. The highest BCUT2D eigenvalue weighted by Crippen LogP contribution is 2.18. The second-order valence-corrected chi connectivity index (χ2v) is 4.47. The summed E-state index contributed by atoms with van der Waals surface area (Å²) in [4.78, 5) is 4.39. The average molecular weight is 215 g/mol. The molecule has 0 saturated carbocycles. The Morgan fingerprint density at radius 1 is 1.25 bits per heavy atom. The number of nitrogen functional groups attached to an aromatic ring is 1.